The maximum absolute atomic E-state index is 9.04. The highest BCUT2D eigenvalue weighted by atomic mass is 15.1. The van der Waals surface area contributed by atoms with Gasteiger partial charge in [0.1, 0.15) is 5.82 Å². The molecule has 3 heteroatoms. The molecular formula is C18H15N3. The van der Waals surface area contributed by atoms with Gasteiger partial charge in [0.2, 0.25) is 0 Å². The average molecular weight is 273 g/mol. The van der Waals surface area contributed by atoms with E-state index in [9.17, 15) is 0 Å². The van der Waals surface area contributed by atoms with Gasteiger partial charge in [-0.2, -0.15) is 5.26 Å². The monoisotopic (exact) mass is 273 g/mol. The van der Waals surface area contributed by atoms with Gasteiger partial charge in [-0.15, -0.1) is 0 Å². The number of rotatable bonds is 3. The fraction of sp³-hybridized carbons (Fsp3) is 0.222. The van der Waals surface area contributed by atoms with Gasteiger partial charge in [0.25, 0.3) is 0 Å². The van der Waals surface area contributed by atoms with Gasteiger partial charge in [-0.05, 0) is 42.7 Å². The van der Waals surface area contributed by atoms with Crippen molar-refractivity contribution >= 4 is 11.0 Å². The van der Waals surface area contributed by atoms with E-state index in [1.54, 1.807) is 0 Å². The second-order valence-corrected chi connectivity index (χ2v) is 5.63. The molecule has 102 valence electrons. The molecule has 21 heavy (non-hydrogen) atoms. The molecule has 0 N–H and O–H groups in total. The van der Waals surface area contributed by atoms with Gasteiger partial charge < -0.3 is 4.57 Å². The molecule has 1 aliphatic carbocycles. The van der Waals surface area contributed by atoms with Crippen LogP contribution in [0.25, 0.3) is 11.0 Å². The second-order valence-electron chi connectivity index (χ2n) is 5.63. The van der Waals surface area contributed by atoms with E-state index >= 15 is 0 Å². The number of imidazole rings is 1. The van der Waals surface area contributed by atoms with Crippen LogP contribution in [-0.4, -0.2) is 9.55 Å². The van der Waals surface area contributed by atoms with Crippen molar-refractivity contribution in [2.45, 2.75) is 25.3 Å². The quantitative estimate of drug-likeness (QED) is 0.727. The molecule has 0 amide bonds. The Morgan fingerprint density at radius 3 is 2.81 bits per heavy atom. The van der Waals surface area contributed by atoms with Crippen molar-refractivity contribution in [3.63, 3.8) is 0 Å². The van der Waals surface area contributed by atoms with Gasteiger partial charge >= 0.3 is 0 Å². The Morgan fingerprint density at radius 2 is 2.00 bits per heavy atom. The van der Waals surface area contributed by atoms with E-state index in [0.29, 0.717) is 11.5 Å². The summed E-state index contributed by atoms with van der Waals surface area (Å²) in [6.45, 7) is 0.780. The Hall–Kier alpha value is -2.60. The highest BCUT2D eigenvalue weighted by Crippen LogP contribution is 2.40. The number of fused-ring (bicyclic) bond motifs is 1. The fourth-order valence-corrected chi connectivity index (χ4v) is 2.84. The first kappa shape index (κ1) is 12.2. The summed E-state index contributed by atoms with van der Waals surface area (Å²) in [6.07, 6.45) is 2.48. The zero-order valence-corrected chi connectivity index (χ0v) is 11.7. The lowest BCUT2D eigenvalue weighted by molar-refractivity contribution is 0.747. The van der Waals surface area contributed by atoms with Crippen LogP contribution in [0.3, 0.4) is 0 Å². The van der Waals surface area contributed by atoms with Gasteiger partial charge in [0, 0.05) is 12.5 Å². The molecule has 1 saturated carbocycles. The standard InChI is InChI=1S/C18H15N3/c19-11-13-4-3-5-14(10-13)12-21-17-7-2-1-6-16(17)20-18(21)15-8-9-15/h1-7,10,15H,8-9,12H2. The predicted molar refractivity (Wildman–Crippen MR) is 82.0 cm³/mol. The minimum absolute atomic E-state index is 0.608. The largest absolute Gasteiger partial charge is 0.323 e. The van der Waals surface area contributed by atoms with Crippen molar-refractivity contribution in [3.8, 4) is 6.07 Å². The molecule has 4 rings (SSSR count). The van der Waals surface area contributed by atoms with Crippen molar-refractivity contribution in [1.29, 1.82) is 5.26 Å². The lowest BCUT2D eigenvalue weighted by Gasteiger charge is -2.09. The Bertz CT molecular complexity index is 850. The van der Waals surface area contributed by atoms with E-state index in [1.165, 1.54) is 24.2 Å². The number of nitriles is 1. The van der Waals surface area contributed by atoms with Crippen molar-refractivity contribution in [2.24, 2.45) is 0 Å². The van der Waals surface area contributed by atoms with Crippen LogP contribution in [0.1, 0.15) is 35.7 Å². The number of hydrogen-bond donors (Lipinski definition) is 0. The predicted octanol–water partition coefficient (Wildman–Crippen LogP) is 3.83. The van der Waals surface area contributed by atoms with Crippen LogP contribution in [0.15, 0.2) is 48.5 Å². The molecule has 0 atom stereocenters. The highest BCUT2D eigenvalue weighted by molar-refractivity contribution is 5.76. The summed E-state index contributed by atoms with van der Waals surface area (Å²) in [5, 5.41) is 9.04. The van der Waals surface area contributed by atoms with Gasteiger partial charge in [-0.25, -0.2) is 4.98 Å². The molecule has 1 fully saturated rings. The third kappa shape index (κ3) is 2.19. The fourth-order valence-electron chi connectivity index (χ4n) is 2.84. The second kappa shape index (κ2) is 4.75. The molecule has 2 aromatic carbocycles. The minimum Gasteiger partial charge on any atom is -0.323 e. The normalized spacial score (nSPS) is 14.2. The summed E-state index contributed by atoms with van der Waals surface area (Å²) in [4.78, 5) is 4.81. The molecular weight excluding hydrogens is 258 g/mol. The minimum atomic E-state index is 0.608. The van der Waals surface area contributed by atoms with E-state index in [0.717, 1.165) is 17.6 Å². The SMILES string of the molecule is N#Cc1cccc(Cn2c(C3CC3)nc3ccccc32)c1. The van der Waals surface area contributed by atoms with Crippen LogP contribution in [0.2, 0.25) is 0 Å². The van der Waals surface area contributed by atoms with Gasteiger partial charge in [-0.3, -0.25) is 0 Å². The molecule has 0 bridgehead atoms. The molecule has 0 saturated heterocycles. The zero-order valence-electron chi connectivity index (χ0n) is 11.7. The molecule has 3 aromatic rings. The van der Waals surface area contributed by atoms with E-state index in [4.69, 9.17) is 10.2 Å². The van der Waals surface area contributed by atoms with E-state index in [-0.39, 0.29) is 0 Å². The zero-order chi connectivity index (χ0) is 14.2. The lowest BCUT2D eigenvalue weighted by Crippen LogP contribution is -2.04. The number of nitrogens with zero attached hydrogens (tertiary/aromatic N) is 3. The van der Waals surface area contributed by atoms with Crippen molar-refractivity contribution in [1.82, 2.24) is 9.55 Å². The van der Waals surface area contributed by atoms with Gasteiger partial charge in [0.05, 0.1) is 22.7 Å². The third-order valence-electron chi connectivity index (χ3n) is 4.02. The molecule has 1 heterocycles. The maximum Gasteiger partial charge on any atom is 0.113 e. The summed E-state index contributed by atoms with van der Waals surface area (Å²) in [5.41, 5.74) is 4.11. The molecule has 0 spiro atoms. The Kier molecular flexibility index (Phi) is 2.75. The first-order valence-corrected chi connectivity index (χ1v) is 7.29. The van der Waals surface area contributed by atoms with Crippen molar-refractivity contribution in [2.75, 3.05) is 0 Å². The molecule has 3 nitrogen and oxygen atoms in total. The van der Waals surface area contributed by atoms with Crippen LogP contribution in [0, 0.1) is 11.3 Å². The molecule has 0 radical (unpaired) electrons. The summed E-state index contributed by atoms with van der Waals surface area (Å²) < 4.78 is 2.31. The third-order valence-corrected chi connectivity index (χ3v) is 4.02. The smallest absolute Gasteiger partial charge is 0.113 e. The van der Waals surface area contributed by atoms with Crippen LogP contribution in [0.5, 0.6) is 0 Å². The molecule has 0 aliphatic heterocycles. The number of aromatic nitrogens is 2. The number of para-hydroxylation sites is 2. The van der Waals surface area contributed by atoms with Crippen LogP contribution < -0.4 is 0 Å². The maximum atomic E-state index is 9.04. The van der Waals surface area contributed by atoms with Crippen LogP contribution in [0.4, 0.5) is 0 Å². The highest BCUT2D eigenvalue weighted by Gasteiger charge is 2.29. The lowest BCUT2D eigenvalue weighted by atomic mass is 10.1. The Balaban J connectivity index is 1.81. The van der Waals surface area contributed by atoms with Crippen molar-refractivity contribution < 1.29 is 0 Å². The Morgan fingerprint density at radius 1 is 1.14 bits per heavy atom. The van der Waals surface area contributed by atoms with Crippen molar-refractivity contribution in [3.05, 3.63) is 65.5 Å². The summed E-state index contributed by atoms with van der Waals surface area (Å²) >= 11 is 0. The molecule has 0 unspecified atom stereocenters. The molecule has 1 aliphatic rings. The van der Waals surface area contributed by atoms with E-state index in [1.807, 2.05) is 24.3 Å². The number of benzene rings is 2. The van der Waals surface area contributed by atoms with E-state index in [2.05, 4.69) is 34.9 Å². The van der Waals surface area contributed by atoms with Crippen LogP contribution >= 0.6 is 0 Å². The average Bonchev–Trinajstić information content (AvgIpc) is 3.31. The summed E-state index contributed by atoms with van der Waals surface area (Å²) in [5.74, 6) is 1.80. The van der Waals surface area contributed by atoms with Crippen LogP contribution in [-0.2, 0) is 6.54 Å². The van der Waals surface area contributed by atoms with Gasteiger partial charge in [-0.1, -0.05) is 24.3 Å². The topological polar surface area (TPSA) is 41.6 Å². The Labute approximate surface area is 123 Å². The summed E-state index contributed by atoms with van der Waals surface area (Å²) in [6, 6.07) is 18.3. The van der Waals surface area contributed by atoms with E-state index < -0.39 is 0 Å². The first-order chi connectivity index (χ1) is 10.3. The molecule has 1 aromatic heterocycles. The van der Waals surface area contributed by atoms with Gasteiger partial charge in [0.15, 0.2) is 0 Å². The summed E-state index contributed by atoms with van der Waals surface area (Å²) in [7, 11) is 0. The first-order valence-electron chi connectivity index (χ1n) is 7.29. The number of hydrogen-bond acceptors (Lipinski definition) is 2.